The average molecular weight is 327 g/mol. The van der Waals surface area contributed by atoms with Crippen molar-refractivity contribution in [3.63, 3.8) is 0 Å². The number of rotatable bonds is 3. The van der Waals surface area contributed by atoms with E-state index in [2.05, 4.69) is 5.32 Å². The van der Waals surface area contributed by atoms with Crippen LogP contribution < -0.4 is 15.8 Å². The number of piperidine rings is 1. The predicted molar refractivity (Wildman–Crippen MR) is 82.6 cm³/mol. The molecule has 0 spiro atoms. The van der Waals surface area contributed by atoms with Crippen molar-refractivity contribution < 1.29 is 19.0 Å². The second kappa shape index (κ2) is 6.32. The molecule has 3 rings (SSSR count). The second-order valence-corrected chi connectivity index (χ2v) is 5.84. The minimum absolute atomic E-state index is 0.157. The van der Waals surface area contributed by atoms with E-state index in [1.165, 1.54) is 6.07 Å². The van der Waals surface area contributed by atoms with Crippen LogP contribution >= 0.6 is 11.6 Å². The number of anilines is 1. The minimum atomic E-state index is -0.450. The Kier molecular flexibility index (Phi) is 4.42. The van der Waals surface area contributed by atoms with Crippen LogP contribution in [-0.4, -0.2) is 45.0 Å². The number of halogens is 1. The van der Waals surface area contributed by atoms with Gasteiger partial charge in [0.2, 0.25) is 0 Å². The van der Waals surface area contributed by atoms with Crippen molar-refractivity contribution in [2.45, 2.75) is 25.0 Å². The summed E-state index contributed by atoms with van der Waals surface area (Å²) in [5.74, 6) is 0.0452. The van der Waals surface area contributed by atoms with Crippen LogP contribution in [-0.2, 0) is 15.9 Å². The van der Waals surface area contributed by atoms with Gasteiger partial charge in [-0.05, 0) is 19.0 Å². The van der Waals surface area contributed by atoms with Crippen molar-refractivity contribution >= 4 is 23.3 Å². The number of hydrogen-bond acceptors (Lipinski definition) is 6. The van der Waals surface area contributed by atoms with E-state index in [0.717, 1.165) is 12.1 Å². The van der Waals surface area contributed by atoms with E-state index in [0.29, 0.717) is 48.0 Å². The zero-order chi connectivity index (χ0) is 15.7. The molecular weight excluding hydrogens is 308 g/mol. The summed E-state index contributed by atoms with van der Waals surface area (Å²) in [6.07, 6.45) is 0.912. The Morgan fingerprint density at radius 3 is 3.09 bits per heavy atom. The molecule has 2 atom stereocenters. The Morgan fingerprint density at radius 2 is 2.32 bits per heavy atom. The van der Waals surface area contributed by atoms with Gasteiger partial charge in [0.25, 0.3) is 0 Å². The van der Waals surface area contributed by atoms with E-state index < -0.39 is 5.97 Å². The molecule has 0 radical (unpaired) electrons. The van der Waals surface area contributed by atoms with Crippen molar-refractivity contribution in [1.29, 1.82) is 0 Å². The van der Waals surface area contributed by atoms with Gasteiger partial charge in [0.15, 0.2) is 0 Å². The van der Waals surface area contributed by atoms with Crippen molar-refractivity contribution in [3.8, 4) is 5.75 Å². The molecule has 1 aromatic carbocycles. The SMILES string of the molecule is COC1CNCCC1OC(=O)c1cc(Cl)c(N)c2c1OCC2. The monoisotopic (exact) mass is 326 g/mol. The molecule has 3 N–H and O–H groups in total. The Morgan fingerprint density at radius 1 is 1.50 bits per heavy atom. The van der Waals surface area contributed by atoms with Crippen LogP contribution in [0.3, 0.4) is 0 Å². The van der Waals surface area contributed by atoms with Gasteiger partial charge in [-0.15, -0.1) is 0 Å². The standard InChI is InChI=1S/C15H19ClN2O4/c1-20-12-7-18-4-2-11(12)22-15(19)9-6-10(16)13(17)8-3-5-21-14(8)9/h6,11-12,18H,2-5,7,17H2,1H3. The van der Waals surface area contributed by atoms with E-state index in [1.54, 1.807) is 7.11 Å². The van der Waals surface area contributed by atoms with Gasteiger partial charge < -0.3 is 25.3 Å². The number of nitrogens with two attached hydrogens (primary N) is 1. The summed E-state index contributed by atoms with van der Waals surface area (Å²) in [5, 5.41) is 3.56. The molecule has 120 valence electrons. The van der Waals surface area contributed by atoms with Gasteiger partial charge in [-0.3, -0.25) is 0 Å². The summed E-state index contributed by atoms with van der Waals surface area (Å²) in [6.45, 7) is 1.94. The molecule has 1 saturated heterocycles. The van der Waals surface area contributed by atoms with E-state index >= 15 is 0 Å². The van der Waals surface area contributed by atoms with Crippen LogP contribution in [0.1, 0.15) is 22.3 Å². The predicted octanol–water partition coefficient (Wildman–Crippen LogP) is 1.39. The number of nitrogen functional groups attached to an aromatic ring is 1. The highest BCUT2D eigenvalue weighted by atomic mass is 35.5. The van der Waals surface area contributed by atoms with Gasteiger partial charge >= 0.3 is 5.97 Å². The fourth-order valence-electron chi connectivity index (χ4n) is 2.90. The van der Waals surface area contributed by atoms with Gasteiger partial charge in [0, 0.05) is 25.6 Å². The zero-order valence-corrected chi connectivity index (χ0v) is 13.1. The van der Waals surface area contributed by atoms with Crippen molar-refractivity contribution in [1.82, 2.24) is 5.32 Å². The first-order valence-corrected chi connectivity index (χ1v) is 7.67. The van der Waals surface area contributed by atoms with Gasteiger partial charge in [-0.2, -0.15) is 0 Å². The third-order valence-corrected chi connectivity index (χ3v) is 4.43. The lowest BCUT2D eigenvalue weighted by Gasteiger charge is -2.30. The lowest BCUT2D eigenvalue weighted by molar-refractivity contribution is -0.0475. The Balaban J connectivity index is 1.84. The van der Waals surface area contributed by atoms with E-state index in [9.17, 15) is 4.79 Å². The quantitative estimate of drug-likeness (QED) is 0.645. The summed E-state index contributed by atoms with van der Waals surface area (Å²) in [4.78, 5) is 12.5. The maximum atomic E-state index is 12.5. The number of methoxy groups -OCH3 is 1. The number of carbonyl (C=O) groups is 1. The molecule has 2 heterocycles. The molecule has 0 aromatic heterocycles. The molecular formula is C15H19ClN2O4. The Labute approximate surface area is 133 Å². The molecule has 2 aliphatic heterocycles. The fourth-order valence-corrected chi connectivity index (χ4v) is 3.12. The largest absolute Gasteiger partial charge is 0.492 e. The van der Waals surface area contributed by atoms with Crippen LogP contribution in [0.25, 0.3) is 0 Å². The number of esters is 1. The summed E-state index contributed by atoms with van der Waals surface area (Å²) < 4.78 is 16.5. The lowest BCUT2D eigenvalue weighted by Crippen LogP contribution is -2.47. The van der Waals surface area contributed by atoms with Crippen molar-refractivity contribution in [3.05, 3.63) is 22.2 Å². The first-order valence-electron chi connectivity index (χ1n) is 7.30. The number of hydrogen-bond donors (Lipinski definition) is 2. The molecule has 0 saturated carbocycles. The van der Waals surface area contributed by atoms with Crippen LogP contribution in [0, 0.1) is 0 Å². The van der Waals surface area contributed by atoms with Crippen LogP contribution in [0.4, 0.5) is 5.69 Å². The van der Waals surface area contributed by atoms with Gasteiger partial charge in [0.1, 0.15) is 23.5 Å². The molecule has 7 heteroatoms. The first kappa shape index (κ1) is 15.4. The molecule has 2 aliphatic rings. The topological polar surface area (TPSA) is 82.8 Å². The molecule has 2 unspecified atom stereocenters. The highest BCUT2D eigenvalue weighted by Crippen LogP contribution is 2.39. The average Bonchev–Trinajstić information content (AvgIpc) is 3.01. The van der Waals surface area contributed by atoms with E-state index in [-0.39, 0.29) is 12.2 Å². The number of fused-ring (bicyclic) bond motifs is 1. The normalized spacial score (nSPS) is 23.7. The summed E-state index contributed by atoms with van der Waals surface area (Å²) in [7, 11) is 1.61. The van der Waals surface area contributed by atoms with Gasteiger partial charge in [-0.25, -0.2) is 4.79 Å². The van der Waals surface area contributed by atoms with Crippen molar-refractivity contribution in [2.75, 3.05) is 32.5 Å². The van der Waals surface area contributed by atoms with Crippen LogP contribution in [0.5, 0.6) is 5.75 Å². The zero-order valence-electron chi connectivity index (χ0n) is 12.4. The fraction of sp³-hybridized carbons (Fsp3) is 0.533. The third kappa shape index (κ3) is 2.74. The number of ether oxygens (including phenoxy) is 3. The smallest absolute Gasteiger partial charge is 0.342 e. The molecule has 6 nitrogen and oxygen atoms in total. The third-order valence-electron chi connectivity index (χ3n) is 4.12. The number of carbonyl (C=O) groups excluding carboxylic acids is 1. The Hall–Kier alpha value is -1.50. The van der Waals surface area contributed by atoms with E-state index in [1.807, 2.05) is 0 Å². The molecule has 22 heavy (non-hydrogen) atoms. The second-order valence-electron chi connectivity index (χ2n) is 5.44. The number of nitrogens with one attached hydrogen (secondary N) is 1. The molecule has 0 bridgehead atoms. The van der Waals surface area contributed by atoms with Gasteiger partial charge in [-0.1, -0.05) is 11.6 Å². The molecule has 1 aromatic rings. The first-order chi connectivity index (χ1) is 10.6. The number of benzene rings is 1. The van der Waals surface area contributed by atoms with Gasteiger partial charge in [0.05, 0.1) is 17.3 Å². The van der Waals surface area contributed by atoms with Crippen LogP contribution in [0.15, 0.2) is 6.07 Å². The summed E-state index contributed by atoms with van der Waals surface area (Å²) in [6, 6.07) is 1.52. The summed E-state index contributed by atoms with van der Waals surface area (Å²) in [5.41, 5.74) is 7.53. The summed E-state index contributed by atoms with van der Waals surface area (Å²) >= 11 is 6.12. The van der Waals surface area contributed by atoms with Crippen LogP contribution in [0.2, 0.25) is 5.02 Å². The maximum Gasteiger partial charge on any atom is 0.342 e. The van der Waals surface area contributed by atoms with E-state index in [4.69, 9.17) is 31.5 Å². The van der Waals surface area contributed by atoms with Crippen molar-refractivity contribution in [2.24, 2.45) is 0 Å². The Bertz CT molecular complexity index is 593. The molecule has 1 fully saturated rings. The minimum Gasteiger partial charge on any atom is -0.492 e. The molecule has 0 aliphatic carbocycles. The molecule has 0 amide bonds. The highest BCUT2D eigenvalue weighted by molar-refractivity contribution is 6.33. The highest BCUT2D eigenvalue weighted by Gasteiger charge is 2.31. The maximum absolute atomic E-state index is 12.5. The lowest BCUT2D eigenvalue weighted by atomic mass is 10.0.